The SMILES string of the molecule is NNC1=NCC(c2ccccc2Cl)N1. The molecular formula is C9H11ClN4. The fraction of sp³-hybridized carbons (Fsp3) is 0.222. The normalized spacial score (nSPS) is 20.1. The molecule has 0 amide bonds. The summed E-state index contributed by atoms with van der Waals surface area (Å²) in [6.45, 7) is 0.656. The van der Waals surface area contributed by atoms with Gasteiger partial charge in [-0.15, -0.1) is 0 Å². The van der Waals surface area contributed by atoms with E-state index in [2.05, 4.69) is 15.7 Å². The summed E-state index contributed by atoms with van der Waals surface area (Å²) in [4.78, 5) is 4.16. The van der Waals surface area contributed by atoms with Crippen molar-refractivity contribution in [2.75, 3.05) is 6.54 Å². The average Bonchev–Trinajstić information content (AvgIpc) is 2.67. The van der Waals surface area contributed by atoms with E-state index in [1.807, 2.05) is 24.3 Å². The molecule has 0 fully saturated rings. The van der Waals surface area contributed by atoms with Crippen molar-refractivity contribution in [3.05, 3.63) is 34.9 Å². The number of hydrogen-bond donors (Lipinski definition) is 3. The number of guanidine groups is 1. The highest BCUT2D eigenvalue weighted by molar-refractivity contribution is 6.31. The second-order valence-corrected chi connectivity index (χ2v) is 3.46. The Morgan fingerprint density at radius 3 is 2.93 bits per heavy atom. The van der Waals surface area contributed by atoms with E-state index in [0.29, 0.717) is 12.5 Å². The minimum absolute atomic E-state index is 0.120. The first-order valence-electron chi connectivity index (χ1n) is 4.33. The molecule has 0 aromatic heterocycles. The number of hydrogen-bond acceptors (Lipinski definition) is 4. The average molecular weight is 211 g/mol. The molecule has 0 saturated heterocycles. The minimum atomic E-state index is 0.120. The van der Waals surface area contributed by atoms with E-state index in [-0.39, 0.29) is 6.04 Å². The van der Waals surface area contributed by atoms with Crippen LogP contribution in [-0.4, -0.2) is 12.5 Å². The summed E-state index contributed by atoms with van der Waals surface area (Å²) in [6, 6.07) is 7.83. The van der Waals surface area contributed by atoms with Gasteiger partial charge >= 0.3 is 0 Å². The van der Waals surface area contributed by atoms with Crippen molar-refractivity contribution < 1.29 is 0 Å². The third-order valence-corrected chi connectivity index (χ3v) is 2.50. The van der Waals surface area contributed by atoms with E-state index < -0.39 is 0 Å². The molecule has 0 radical (unpaired) electrons. The van der Waals surface area contributed by atoms with Crippen LogP contribution in [-0.2, 0) is 0 Å². The van der Waals surface area contributed by atoms with Crippen LogP contribution in [0.5, 0.6) is 0 Å². The van der Waals surface area contributed by atoms with Crippen molar-refractivity contribution in [3.8, 4) is 0 Å². The maximum atomic E-state index is 6.05. The molecule has 1 atom stereocenters. The molecule has 4 nitrogen and oxygen atoms in total. The standard InChI is InChI=1S/C9H11ClN4/c10-7-4-2-1-3-6(7)8-5-12-9(13-8)14-11/h1-4,8H,5,11H2,(H2,12,13,14). The van der Waals surface area contributed by atoms with Gasteiger partial charge in [0, 0.05) is 5.02 Å². The van der Waals surface area contributed by atoms with E-state index in [9.17, 15) is 0 Å². The molecule has 4 N–H and O–H groups in total. The number of nitrogens with zero attached hydrogens (tertiary/aromatic N) is 1. The number of halogens is 1. The first-order valence-corrected chi connectivity index (χ1v) is 4.71. The van der Waals surface area contributed by atoms with Crippen LogP contribution in [0.25, 0.3) is 0 Å². The number of benzene rings is 1. The molecule has 1 heterocycles. The molecule has 1 aromatic rings. The summed E-state index contributed by atoms with van der Waals surface area (Å²) in [5.41, 5.74) is 3.52. The Balaban J connectivity index is 2.16. The number of rotatable bonds is 1. The maximum Gasteiger partial charge on any atom is 0.206 e. The molecule has 5 heteroatoms. The van der Waals surface area contributed by atoms with Gasteiger partial charge in [-0.2, -0.15) is 0 Å². The summed E-state index contributed by atoms with van der Waals surface area (Å²) in [6.07, 6.45) is 0. The molecule has 1 aliphatic rings. The van der Waals surface area contributed by atoms with E-state index in [0.717, 1.165) is 10.6 Å². The fourth-order valence-corrected chi connectivity index (χ4v) is 1.73. The molecule has 1 aliphatic heterocycles. The van der Waals surface area contributed by atoms with Crippen LogP contribution in [0, 0.1) is 0 Å². The smallest absolute Gasteiger partial charge is 0.206 e. The van der Waals surface area contributed by atoms with Gasteiger partial charge in [0.1, 0.15) is 0 Å². The number of aliphatic imine (C=N–C) groups is 1. The van der Waals surface area contributed by atoms with Crippen molar-refractivity contribution >= 4 is 17.6 Å². The van der Waals surface area contributed by atoms with Crippen molar-refractivity contribution in [2.45, 2.75) is 6.04 Å². The van der Waals surface area contributed by atoms with E-state index >= 15 is 0 Å². The van der Waals surface area contributed by atoms with E-state index in [4.69, 9.17) is 17.4 Å². The lowest BCUT2D eigenvalue weighted by molar-refractivity contribution is 0.701. The molecule has 0 saturated carbocycles. The largest absolute Gasteiger partial charge is 0.347 e. The van der Waals surface area contributed by atoms with Crippen LogP contribution >= 0.6 is 11.6 Å². The molecule has 0 spiro atoms. The van der Waals surface area contributed by atoms with Gasteiger partial charge in [-0.1, -0.05) is 29.8 Å². The van der Waals surface area contributed by atoms with E-state index in [1.54, 1.807) is 0 Å². The van der Waals surface area contributed by atoms with Crippen LogP contribution in [0.3, 0.4) is 0 Å². The van der Waals surface area contributed by atoms with Gasteiger partial charge in [0.2, 0.25) is 5.96 Å². The number of nitrogens with two attached hydrogens (primary N) is 1. The first-order chi connectivity index (χ1) is 6.81. The summed E-state index contributed by atoms with van der Waals surface area (Å²) >= 11 is 6.05. The molecule has 1 aromatic carbocycles. The Morgan fingerprint density at radius 1 is 1.50 bits per heavy atom. The highest BCUT2D eigenvalue weighted by Crippen LogP contribution is 2.24. The lowest BCUT2D eigenvalue weighted by Gasteiger charge is -2.12. The highest BCUT2D eigenvalue weighted by Gasteiger charge is 2.19. The van der Waals surface area contributed by atoms with Gasteiger partial charge in [0.05, 0.1) is 12.6 Å². The lowest BCUT2D eigenvalue weighted by atomic mass is 10.1. The van der Waals surface area contributed by atoms with Crippen molar-refractivity contribution in [3.63, 3.8) is 0 Å². The minimum Gasteiger partial charge on any atom is -0.347 e. The summed E-state index contributed by atoms with van der Waals surface area (Å²) < 4.78 is 0. The van der Waals surface area contributed by atoms with Crippen LogP contribution in [0.4, 0.5) is 0 Å². The molecule has 1 unspecified atom stereocenters. The second-order valence-electron chi connectivity index (χ2n) is 3.05. The van der Waals surface area contributed by atoms with Gasteiger partial charge in [-0.3, -0.25) is 5.43 Å². The topological polar surface area (TPSA) is 62.4 Å². The third-order valence-electron chi connectivity index (χ3n) is 2.16. The highest BCUT2D eigenvalue weighted by atomic mass is 35.5. The van der Waals surface area contributed by atoms with Gasteiger partial charge in [0.25, 0.3) is 0 Å². The second kappa shape index (κ2) is 3.86. The monoisotopic (exact) mass is 210 g/mol. The summed E-state index contributed by atoms with van der Waals surface area (Å²) in [7, 11) is 0. The van der Waals surface area contributed by atoms with Gasteiger partial charge < -0.3 is 5.32 Å². The van der Waals surface area contributed by atoms with E-state index in [1.165, 1.54) is 0 Å². The van der Waals surface area contributed by atoms with Gasteiger partial charge in [-0.05, 0) is 11.6 Å². The Labute approximate surface area is 87.1 Å². The van der Waals surface area contributed by atoms with Crippen LogP contribution in [0.15, 0.2) is 29.3 Å². The molecule has 0 bridgehead atoms. The Bertz CT molecular complexity index is 364. The third kappa shape index (κ3) is 1.66. The summed E-state index contributed by atoms with van der Waals surface area (Å²) in [5, 5.41) is 3.88. The zero-order valence-electron chi connectivity index (χ0n) is 7.50. The maximum absolute atomic E-state index is 6.05. The zero-order chi connectivity index (χ0) is 9.97. The van der Waals surface area contributed by atoms with Crippen molar-refractivity contribution in [1.82, 2.24) is 10.7 Å². The number of hydrazine groups is 1. The van der Waals surface area contributed by atoms with Crippen molar-refractivity contribution in [1.29, 1.82) is 0 Å². The van der Waals surface area contributed by atoms with Gasteiger partial charge in [0.15, 0.2) is 0 Å². The first kappa shape index (κ1) is 9.30. The lowest BCUT2D eigenvalue weighted by Crippen LogP contribution is -2.39. The molecule has 74 valence electrons. The Morgan fingerprint density at radius 2 is 2.29 bits per heavy atom. The predicted octanol–water partition coefficient (Wildman–Crippen LogP) is 0.804. The predicted molar refractivity (Wildman–Crippen MR) is 57.0 cm³/mol. The Kier molecular flexibility index (Phi) is 2.56. The molecular weight excluding hydrogens is 200 g/mol. The Hall–Kier alpha value is -1.26. The quantitative estimate of drug-likeness (QED) is 0.475. The fourth-order valence-electron chi connectivity index (χ4n) is 1.46. The van der Waals surface area contributed by atoms with Crippen LogP contribution in [0.2, 0.25) is 5.02 Å². The number of nitrogens with one attached hydrogen (secondary N) is 2. The molecule has 2 rings (SSSR count). The molecule has 14 heavy (non-hydrogen) atoms. The van der Waals surface area contributed by atoms with Crippen molar-refractivity contribution in [2.24, 2.45) is 10.8 Å². The molecule has 0 aliphatic carbocycles. The van der Waals surface area contributed by atoms with Crippen LogP contribution in [0.1, 0.15) is 11.6 Å². The summed E-state index contributed by atoms with van der Waals surface area (Å²) in [5.74, 6) is 5.84. The zero-order valence-corrected chi connectivity index (χ0v) is 8.25. The van der Waals surface area contributed by atoms with Gasteiger partial charge in [-0.25, -0.2) is 10.8 Å². The van der Waals surface area contributed by atoms with Crippen LogP contribution < -0.4 is 16.6 Å².